The van der Waals surface area contributed by atoms with Gasteiger partial charge in [0.05, 0.1) is 0 Å². The summed E-state index contributed by atoms with van der Waals surface area (Å²) >= 11 is 0. The number of allylic oxidation sites excluding steroid dienone is 2. The average molecular weight is 1070 g/mol. The summed E-state index contributed by atoms with van der Waals surface area (Å²) in [6, 6.07) is 45.8. The van der Waals surface area contributed by atoms with E-state index in [1.54, 1.807) is 168 Å². The van der Waals surface area contributed by atoms with Gasteiger partial charge in [-0.1, -0.05) is 141 Å². The molecule has 28 aromatic rings. The zero-order valence-corrected chi connectivity index (χ0v) is 46.8. The van der Waals surface area contributed by atoms with Crippen LogP contribution in [0, 0.1) is 0 Å². The van der Waals surface area contributed by atoms with Crippen molar-refractivity contribution in [3.63, 3.8) is 0 Å². The highest BCUT2D eigenvalue weighted by atomic mass is 28.3. The summed E-state index contributed by atoms with van der Waals surface area (Å²) in [6.07, 6.45) is 5.17. The number of fused-ring (bicyclic) bond motifs is 8. The molecule has 0 aliphatic heterocycles. The molecule has 0 bridgehead atoms. The first-order valence-electron chi connectivity index (χ1n) is 31.4. The third-order valence-corrected chi connectivity index (χ3v) is 28.2. The molecule has 0 N–H and O–H groups in total. The SMILES string of the molecule is C[Si](C)(C)CC12C3=c4ccc5c6ccc7c8ccc9c%10ccc%11c%12c(c%13c%14c1c4c5c1c6c7c4c8c9c(c%12%10)c%13c4c%141)C2C=%11C=C3.c1cc2c3ccc4c5ccc6c7ccc8c9ccc%10c1c1c2c2c3c4c3c5c6c4c7c8c5c9c%10c1c1c2c3c4c51. The molecule has 0 fully saturated rings. The minimum atomic E-state index is -1.53. The molecule has 0 nitrogen and oxygen atoms in total. The summed E-state index contributed by atoms with van der Waals surface area (Å²) < 4.78 is 0. The molecular formula is C84H32Si. The molecule has 0 saturated carbocycles. The zero-order valence-electron chi connectivity index (χ0n) is 45.8. The van der Waals surface area contributed by atoms with Crippen LogP contribution in [0.5, 0.6) is 0 Å². The van der Waals surface area contributed by atoms with E-state index < -0.39 is 8.07 Å². The van der Waals surface area contributed by atoms with E-state index in [1.807, 2.05) is 0 Å². The van der Waals surface area contributed by atoms with E-state index in [9.17, 15) is 0 Å². The van der Waals surface area contributed by atoms with Crippen molar-refractivity contribution in [1.29, 1.82) is 0 Å². The predicted octanol–water partition coefficient (Wildman–Crippen LogP) is 22.1. The van der Waals surface area contributed by atoms with Gasteiger partial charge in [-0.15, -0.1) is 0 Å². The minimum absolute atomic E-state index is 0.0236. The van der Waals surface area contributed by atoms with Crippen LogP contribution in [0.15, 0.2) is 121 Å². The van der Waals surface area contributed by atoms with Gasteiger partial charge >= 0.3 is 0 Å². The van der Waals surface area contributed by atoms with Gasteiger partial charge < -0.3 is 0 Å². The first-order chi connectivity index (χ1) is 41.9. The van der Waals surface area contributed by atoms with Gasteiger partial charge in [0, 0.05) is 19.4 Å². The smallest absolute Gasteiger partial charge is 0.0455 e. The van der Waals surface area contributed by atoms with Crippen molar-refractivity contribution in [3.8, 4) is 0 Å². The molecule has 32 rings (SSSR count). The van der Waals surface area contributed by atoms with Crippen molar-refractivity contribution in [2.24, 2.45) is 0 Å². The number of hydrogen-bond acceptors (Lipinski definition) is 0. The maximum Gasteiger partial charge on any atom is 0.0455 e. The van der Waals surface area contributed by atoms with Gasteiger partial charge in [0.25, 0.3) is 0 Å². The molecule has 0 amide bonds. The van der Waals surface area contributed by atoms with Crippen molar-refractivity contribution < 1.29 is 0 Å². The standard InChI is InChI=1S/C44H22Si.C40H10/c1-45(2,3)14-44-24-13-12-22-21-9-8-18-17-5-4-15-16-6-7-19-20-10-11-23(24)32-31(20)35-28(19)27(16)33-25(15)26(17)34-29(18)30(21)40(42(22)44)39-37(34)36(33)38(35)41(39)43(32)44;1-2-12-14-5-6-16-18-9-10-20-19-8-7-17-15-4-3-13-11(1)21-22(12)32-24(14)26(16)34-29(18)30(20)35-28(19)27(17)33-25(15)23(13)31(21)36-37(32)39(34)40(35)38(33)36/h4-13,42H,14H2,1-3H3;1-10H. The Morgan fingerprint density at radius 1 is 0.247 bits per heavy atom. The van der Waals surface area contributed by atoms with E-state index in [0.717, 1.165) is 0 Å². The molecular weight excluding hydrogens is 1040 g/mol. The predicted molar refractivity (Wildman–Crippen MR) is 371 cm³/mol. The maximum atomic E-state index is 2.63. The van der Waals surface area contributed by atoms with Crippen molar-refractivity contribution in [2.75, 3.05) is 0 Å². The van der Waals surface area contributed by atoms with Gasteiger partial charge in [-0.3, -0.25) is 0 Å². The summed E-state index contributed by atoms with van der Waals surface area (Å²) in [5, 5.41) is 83.0. The van der Waals surface area contributed by atoms with Gasteiger partial charge in [0.15, 0.2) is 0 Å². The first kappa shape index (κ1) is 37.3. The number of rotatable bonds is 2. The summed E-state index contributed by atoms with van der Waals surface area (Å²) in [7, 11) is -1.53. The quantitative estimate of drug-likeness (QED) is 0.120. The molecule has 1 heteroatoms. The highest BCUT2D eigenvalue weighted by molar-refractivity contribution is 6.77. The topological polar surface area (TPSA) is 0 Å². The van der Waals surface area contributed by atoms with Gasteiger partial charge in [0.2, 0.25) is 0 Å². The van der Waals surface area contributed by atoms with Crippen molar-refractivity contribution in [3.05, 3.63) is 143 Å². The van der Waals surface area contributed by atoms with Crippen LogP contribution in [0.2, 0.25) is 25.7 Å². The fourth-order valence-electron chi connectivity index (χ4n) is 25.1. The lowest BCUT2D eigenvalue weighted by Gasteiger charge is -2.48. The molecule has 85 heavy (non-hydrogen) atoms. The van der Waals surface area contributed by atoms with Crippen LogP contribution in [-0.2, 0) is 5.41 Å². The Balaban J connectivity index is 0.0000000978. The third-order valence-electron chi connectivity index (χ3n) is 26.6. The lowest BCUT2D eigenvalue weighted by atomic mass is 9.58. The largest absolute Gasteiger partial charge is 0.0695 e. The first-order valence-corrected chi connectivity index (χ1v) is 35.1. The Bertz CT molecular complexity index is 7490. The molecule has 0 saturated heterocycles. The van der Waals surface area contributed by atoms with Gasteiger partial charge in [-0.2, -0.15) is 0 Å². The molecule has 4 aliphatic carbocycles. The van der Waals surface area contributed by atoms with Crippen LogP contribution in [0.4, 0.5) is 0 Å². The monoisotopic (exact) mass is 1070 g/mol. The van der Waals surface area contributed by atoms with Gasteiger partial charge in [-0.25, -0.2) is 0 Å². The van der Waals surface area contributed by atoms with Crippen LogP contribution in [0.1, 0.15) is 17.0 Å². The highest BCUT2D eigenvalue weighted by Crippen LogP contribution is 2.74. The number of benzene rings is 18. The highest BCUT2D eigenvalue weighted by Gasteiger charge is 2.59. The normalized spacial score (nSPS) is 19.1. The Morgan fingerprint density at radius 3 is 0.812 bits per heavy atom. The summed E-state index contributed by atoms with van der Waals surface area (Å²) in [5.41, 5.74) is 6.70. The average Bonchev–Trinajstić information content (AvgIpc) is 1.45. The van der Waals surface area contributed by atoms with Crippen molar-refractivity contribution >= 4 is 299 Å². The molecule has 0 spiro atoms. The van der Waals surface area contributed by atoms with Crippen LogP contribution in [-0.4, -0.2) is 8.07 Å². The molecule has 0 aromatic heterocycles. The second-order valence-electron chi connectivity index (χ2n) is 30.1. The van der Waals surface area contributed by atoms with Crippen molar-refractivity contribution in [1.82, 2.24) is 0 Å². The Kier molecular flexibility index (Phi) is 4.34. The second-order valence-corrected chi connectivity index (χ2v) is 35.6. The van der Waals surface area contributed by atoms with E-state index in [4.69, 9.17) is 0 Å². The lowest BCUT2D eigenvalue weighted by Crippen LogP contribution is -2.43. The van der Waals surface area contributed by atoms with Crippen LogP contribution < -0.4 is 10.4 Å². The summed E-state index contributed by atoms with van der Waals surface area (Å²) in [5.74, 6) is 0.417. The molecule has 2 unspecified atom stereocenters. The number of hydrogen-bond donors (Lipinski definition) is 0. The molecule has 372 valence electrons. The Morgan fingerprint density at radius 2 is 0.494 bits per heavy atom. The second kappa shape index (κ2) is 9.88. The van der Waals surface area contributed by atoms with E-state index in [1.165, 1.54) is 151 Å². The molecule has 0 heterocycles. The van der Waals surface area contributed by atoms with Crippen LogP contribution in [0.25, 0.3) is 291 Å². The summed E-state index contributed by atoms with van der Waals surface area (Å²) in [4.78, 5) is 0. The Hall–Kier alpha value is -9.92. The molecule has 28 aromatic carbocycles. The van der Waals surface area contributed by atoms with E-state index in [-0.39, 0.29) is 5.41 Å². The van der Waals surface area contributed by atoms with Crippen LogP contribution >= 0.6 is 0 Å². The van der Waals surface area contributed by atoms with Gasteiger partial charge in [-0.05, 0) is 319 Å². The molecule has 2 atom stereocenters. The zero-order chi connectivity index (χ0) is 52.9. The Labute approximate surface area is 476 Å². The van der Waals surface area contributed by atoms with E-state index >= 15 is 0 Å². The lowest BCUT2D eigenvalue weighted by molar-refractivity contribution is 0.566. The van der Waals surface area contributed by atoms with Crippen LogP contribution in [0.3, 0.4) is 0 Å². The maximum absolute atomic E-state index is 2.63. The van der Waals surface area contributed by atoms with E-state index in [0.29, 0.717) is 5.92 Å². The fraction of sp³-hybridized carbons (Fsp3) is 0.0714. The fourth-order valence-corrected chi connectivity index (χ4v) is 27.4. The van der Waals surface area contributed by atoms with Gasteiger partial charge in [0.1, 0.15) is 0 Å². The van der Waals surface area contributed by atoms with E-state index in [2.05, 4.69) is 141 Å². The molecule has 4 aliphatic rings. The molecule has 0 radical (unpaired) electrons. The third kappa shape index (κ3) is 2.78. The van der Waals surface area contributed by atoms with Crippen molar-refractivity contribution in [2.45, 2.75) is 37.0 Å². The summed E-state index contributed by atoms with van der Waals surface area (Å²) in [6.45, 7) is 7.88. The minimum Gasteiger partial charge on any atom is -0.0695 e.